The summed E-state index contributed by atoms with van der Waals surface area (Å²) in [6.45, 7) is 13.3. The smallest absolute Gasteiger partial charge is 0.279 e. The molecular weight excluding hydrogens is 488 g/mol. The van der Waals surface area contributed by atoms with Crippen molar-refractivity contribution in [3.8, 4) is 5.69 Å². The number of pyridine rings is 1. The van der Waals surface area contributed by atoms with Crippen LogP contribution < -0.4 is 10.9 Å². The van der Waals surface area contributed by atoms with E-state index in [0.29, 0.717) is 23.5 Å². The lowest BCUT2D eigenvalue weighted by atomic mass is 9.55. The number of nitrogens with one attached hydrogen (secondary N) is 2. The van der Waals surface area contributed by atoms with E-state index in [1.165, 1.54) is 18.4 Å². The zero-order valence-electron chi connectivity index (χ0n) is 20.2. The van der Waals surface area contributed by atoms with Crippen LogP contribution in [0.4, 0.5) is 0 Å². The van der Waals surface area contributed by atoms with Crippen molar-refractivity contribution >= 4 is 26.8 Å². The minimum atomic E-state index is -0.109. The van der Waals surface area contributed by atoms with Gasteiger partial charge < -0.3 is 15.2 Å². The number of allylic oxidation sites excluding steroid dienone is 1. The molecule has 3 aromatic rings. The van der Waals surface area contributed by atoms with Crippen LogP contribution >= 0.6 is 15.9 Å². The summed E-state index contributed by atoms with van der Waals surface area (Å²) in [5.41, 5.74) is 5.12. The summed E-state index contributed by atoms with van der Waals surface area (Å²) in [7, 11) is 2.02. The minimum absolute atomic E-state index is 0.0468. The number of fused-ring (bicyclic) bond motifs is 1. The third-order valence-corrected chi connectivity index (χ3v) is 8.38. The van der Waals surface area contributed by atoms with E-state index in [-0.39, 0.29) is 11.0 Å². The molecule has 1 spiro atoms. The zero-order valence-corrected chi connectivity index (χ0v) is 21.8. The van der Waals surface area contributed by atoms with E-state index in [1.807, 2.05) is 36.5 Å². The first kappa shape index (κ1) is 23.2. The molecule has 0 amide bonds. The Kier molecular flexibility index (Phi) is 5.64. The van der Waals surface area contributed by atoms with Crippen molar-refractivity contribution in [1.82, 2.24) is 19.8 Å². The molecule has 5 nitrogen and oxygen atoms in total. The first-order valence-corrected chi connectivity index (χ1v) is 12.8. The van der Waals surface area contributed by atoms with Crippen molar-refractivity contribution in [2.45, 2.75) is 57.5 Å². The highest BCUT2D eigenvalue weighted by atomic mass is 79.9. The molecule has 2 N–H and O–H groups in total. The van der Waals surface area contributed by atoms with Crippen LogP contribution in [0, 0.1) is 5.41 Å². The lowest BCUT2D eigenvalue weighted by Gasteiger charge is -2.52. The van der Waals surface area contributed by atoms with E-state index in [1.54, 1.807) is 4.57 Å². The Morgan fingerprint density at radius 2 is 2.06 bits per heavy atom. The maximum absolute atomic E-state index is 13.5. The number of hydrogen-bond donors (Lipinski definition) is 2. The van der Waals surface area contributed by atoms with Crippen molar-refractivity contribution in [2.24, 2.45) is 5.41 Å². The summed E-state index contributed by atoms with van der Waals surface area (Å²) in [4.78, 5) is 18.9. The molecule has 0 unspecified atom stereocenters. The van der Waals surface area contributed by atoms with Gasteiger partial charge >= 0.3 is 0 Å². The molecule has 5 rings (SSSR count). The number of aromatic amines is 1. The highest BCUT2D eigenvalue weighted by Crippen LogP contribution is 2.71. The van der Waals surface area contributed by atoms with Crippen LogP contribution in [0.2, 0.25) is 0 Å². The quantitative estimate of drug-likeness (QED) is 0.384. The predicted octanol–water partition coefficient (Wildman–Crippen LogP) is 5.98. The molecule has 0 bridgehead atoms. The number of halogens is 1. The molecular formula is C28H33BrN4O. The molecule has 2 aliphatic rings. The fourth-order valence-electron chi connectivity index (χ4n) is 5.57. The van der Waals surface area contributed by atoms with Gasteiger partial charge in [0.1, 0.15) is 5.52 Å². The van der Waals surface area contributed by atoms with Crippen molar-refractivity contribution in [1.29, 1.82) is 0 Å². The average Bonchev–Trinajstić information content (AvgIpc) is 3.47. The first-order valence-electron chi connectivity index (χ1n) is 12.0. The summed E-state index contributed by atoms with van der Waals surface area (Å²) in [5.74, 6) is 0. The molecule has 0 aliphatic heterocycles. The van der Waals surface area contributed by atoms with Gasteiger partial charge in [-0.2, -0.15) is 0 Å². The van der Waals surface area contributed by atoms with Crippen LogP contribution in [-0.2, 0) is 12.0 Å². The Morgan fingerprint density at radius 3 is 2.71 bits per heavy atom. The van der Waals surface area contributed by atoms with Crippen molar-refractivity contribution in [3.63, 3.8) is 0 Å². The number of H-pyrrole nitrogens is 1. The highest BCUT2D eigenvalue weighted by Gasteiger charge is 2.62. The fraction of sp³-hybridized carbons (Fsp3) is 0.393. The van der Waals surface area contributed by atoms with Gasteiger partial charge in [-0.05, 0) is 77.0 Å². The second-order valence-electron chi connectivity index (χ2n) is 10.5. The Hall–Kier alpha value is -2.57. The second kappa shape index (κ2) is 8.28. The zero-order chi connectivity index (χ0) is 24.3. The molecule has 2 fully saturated rings. The van der Waals surface area contributed by atoms with E-state index >= 15 is 0 Å². The van der Waals surface area contributed by atoms with Gasteiger partial charge in [0.2, 0.25) is 0 Å². The van der Waals surface area contributed by atoms with Gasteiger partial charge in [-0.1, -0.05) is 39.1 Å². The van der Waals surface area contributed by atoms with Crippen LogP contribution in [0.25, 0.3) is 16.6 Å². The minimum Gasteiger partial charge on any atom is -0.355 e. The molecule has 1 aromatic carbocycles. The van der Waals surface area contributed by atoms with Gasteiger partial charge in [-0.3, -0.25) is 9.36 Å². The molecule has 2 aliphatic carbocycles. The summed E-state index contributed by atoms with van der Waals surface area (Å²) in [6.07, 6.45) is 8.56. The standard InChI is InChI=1S/C28H33BrN4O/c1-6-32(5)19(4)28(16-27(17-28)10-11-27)20-8-7-9-22(12-20)33-15-24(29)23-13-21(14-30-18(2)3)31-25(23)26(33)34/h6-9,12-13,15,18,30-31H,1,4,10-11,14,16-17H2,2-3,5H3. The lowest BCUT2D eigenvalue weighted by molar-refractivity contribution is 0.131. The monoisotopic (exact) mass is 520 g/mol. The molecule has 2 aromatic heterocycles. The summed E-state index contributed by atoms with van der Waals surface area (Å²) in [6, 6.07) is 10.8. The van der Waals surface area contributed by atoms with Crippen LogP contribution in [-0.4, -0.2) is 27.5 Å². The van der Waals surface area contributed by atoms with Gasteiger partial charge in [-0.15, -0.1) is 0 Å². The number of nitrogens with zero attached hydrogens (tertiary/aromatic N) is 2. The van der Waals surface area contributed by atoms with Gasteiger partial charge in [0, 0.05) is 58.2 Å². The molecule has 0 atom stereocenters. The number of hydrogen-bond acceptors (Lipinski definition) is 3. The summed E-state index contributed by atoms with van der Waals surface area (Å²) >= 11 is 3.70. The maximum atomic E-state index is 13.5. The fourth-order valence-corrected chi connectivity index (χ4v) is 6.08. The molecule has 2 heterocycles. The Morgan fingerprint density at radius 1 is 1.32 bits per heavy atom. The normalized spacial score (nSPS) is 17.7. The Balaban J connectivity index is 1.56. The third-order valence-electron chi connectivity index (χ3n) is 7.75. The highest BCUT2D eigenvalue weighted by molar-refractivity contribution is 9.10. The lowest BCUT2D eigenvalue weighted by Crippen LogP contribution is -2.47. The van der Waals surface area contributed by atoms with Crippen molar-refractivity contribution in [3.05, 3.63) is 87.7 Å². The van der Waals surface area contributed by atoms with Gasteiger partial charge in [0.25, 0.3) is 5.56 Å². The molecule has 6 heteroatoms. The van der Waals surface area contributed by atoms with E-state index in [2.05, 4.69) is 71.4 Å². The van der Waals surface area contributed by atoms with Crippen molar-refractivity contribution < 1.29 is 0 Å². The molecule has 0 saturated heterocycles. The second-order valence-corrected chi connectivity index (χ2v) is 11.4. The van der Waals surface area contributed by atoms with Crippen LogP contribution in [0.3, 0.4) is 0 Å². The third kappa shape index (κ3) is 3.77. The van der Waals surface area contributed by atoms with Crippen molar-refractivity contribution in [2.75, 3.05) is 7.05 Å². The SMILES string of the molecule is C=CN(C)C(=C)C1(c2cccc(-n3cc(Br)c4cc(CNC(C)C)[nH]c4c3=O)c2)CC2(CC2)C1. The topological polar surface area (TPSA) is 53.1 Å². The molecule has 0 radical (unpaired) electrons. The van der Waals surface area contributed by atoms with E-state index in [4.69, 9.17) is 0 Å². The van der Waals surface area contributed by atoms with Gasteiger partial charge in [0.05, 0.1) is 0 Å². The Labute approximate surface area is 209 Å². The maximum Gasteiger partial charge on any atom is 0.279 e. The molecule has 2 saturated carbocycles. The number of benzene rings is 1. The van der Waals surface area contributed by atoms with Crippen LogP contribution in [0.15, 0.2) is 70.9 Å². The summed E-state index contributed by atoms with van der Waals surface area (Å²) < 4.78 is 2.64. The van der Waals surface area contributed by atoms with Gasteiger partial charge in [0.15, 0.2) is 0 Å². The molecule has 178 valence electrons. The van der Waals surface area contributed by atoms with Crippen LogP contribution in [0.1, 0.15) is 50.8 Å². The number of likely N-dealkylation sites (N-methyl/N-ethyl adjacent to an activating group) is 1. The number of rotatable bonds is 8. The predicted molar refractivity (Wildman–Crippen MR) is 143 cm³/mol. The number of aromatic nitrogens is 2. The molecule has 34 heavy (non-hydrogen) atoms. The van der Waals surface area contributed by atoms with Crippen LogP contribution in [0.5, 0.6) is 0 Å². The van der Waals surface area contributed by atoms with E-state index in [0.717, 1.165) is 39.8 Å². The average molecular weight is 522 g/mol. The van der Waals surface area contributed by atoms with E-state index in [9.17, 15) is 4.79 Å². The summed E-state index contributed by atoms with van der Waals surface area (Å²) in [5, 5.41) is 4.31. The first-order chi connectivity index (χ1) is 16.2. The Bertz CT molecular complexity index is 1340. The largest absolute Gasteiger partial charge is 0.355 e. The van der Waals surface area contributed by atoms with E-state index < -0.39 is 0 Å². The van der Waals surface area contributed by atoms with Gasteiger partial charge in [-0.25, -0.2) is 0 Å².